The molecule has 2 atom stereocenters. The lowest BCUT2D eigenvalue weighted by Gasteiger charge is -2.07. The van der Waals surface area contributed by atoms with Crippen LogP contribution in [0.3, 0.4) is 0 Å². The van der Waals surface area contributed by atoms with E-state index in [1.807, 2.05) is 12.1 Å². The van der Waals surface area contributed by atoms with E-state index in [1.165, 1.54) is 0 Å². The van der Waals surface area contributed by atoms with Crippen molar-refractivity contribution in [1.29, 1.82) is 5.26 Å². The fourth-order valence-electron chi connectivity index (χ4n) is 1.18. The van der Waals surface area contributed by atoms with E-state index in [9.17, 15) is 4.79 Å². The fourth-order valence-corrected chi connectivity index (χ4v) is 1.18. The molecule has 0 spiro atoms. The van der Waals surface area contributed by atoms with Crippen LogP contribution in [0.2, 0.25) is 0 Å². The molecule has 1 aliphatic carbocycles. The molecule has 4 nitrogen and oxygen atoms in total. The molecular weight excluding hydrogens is 154 g/mol. The predicted molar refractivity (Wildman–Crippen MR) is 43.8 cm³/mol. The number of rotatable bonds is 2. The highest BCUT2D eigenvalue weighted by Gasteiger charge is 2.21. The summed E-state index contributed by atoms with van der Waals surface area (Å²) < 4.78 is 0. The first-order valence-electron chi connectivity index (χ1n) is 3.82. The van der Waals surface area contributed by atoms with Crippen molar-refractivity contribution in [2.45, 2.75) is 12.5 Å². The highest BCUT2D eigenvalue weighted by Crippen LogP contribution is 2.15. The van der Waals surface area contributed by atoms with Crippen LogP contribution in [0, 0.1) is 17.2 Å². The van der Waals surface area contributed by atoms with Gasteiger partial charge in [0.1, 0.15) is 6.54 Å². The molecule has 1 amide bonds. The average molecular weight is 165 g/mol. The lowest BCUT2D eigenvalue weighted by Crippen LogP contribution is -2.30. The van der Waals surface area contributed by atoms with Crippen molar-refractivity contribution in [3.05, 3.63) is 12.2 Å². The first kappa shape index (κ1) is 8.75. The van der Waals surface area contributed by atoms with E-state index < -0.39 is 0 Å². The highest BCUT2D eigenvalue weighted by atomic mass is 16.1. The van der Waals surface area contributed by atoms with Crippen molar-refractivity contribution in [2.75, 3.05) is 6.54 Å². The summed E-state index contributed by atoms with van der Waals surface area (Å²) in [7, 11) is 0. The third kappa shape index (κ3) is 2.07. The Labute approximate surface area is 71.0 Å². The molecule has 0 heterocycles. The summed E-state index contributed by atoms with van der Waals surface area (Å²) in [6, 6.07) is 1.83. The van der Waals surface area contributed by atoms with Crippen LogP contribution in [0.4, 0.5) is 0 Å². The summed E-state index contributed by atoms with van der Waals surface area (Å²) in [5.41, 5.74) is 5.56. The van der Waals surface area contributed by atoms with E-state index in [-0.39, 0.29) is 24.4 Å². The smallest absolute Gasteiger partial charge is 0.227 e. The fraction of sp³-hybridized carbons (Fsp3) is 0.500. The number of nitrogens with zero attached hydrogens (tertiary/aromatic N) is 1. The summed E-state index contributed by atoms with van der Waals surface area (Å²) in [5.74, 6) is -0.255. The standard InChI is InChI=1S/C8H11N3O/c9-3-4-11-8(12)6-1-2-7(10)5-6/h1-2,6-7H,4-5,10H2,(H,11,12). The van der Waals surface area contributed by atoms with E-state index in [0.717, 1.165) is 0 Å². The second-order valence-electron chi connectivity index (χ2n) is 2.77. The second-order valence-corrected chi connectivity index (χ2v) is 2.77. The zero-order valence-corrected chi connectivity index (χ0v) is 6.66. The molecule has 0 fully saturated rings. The maximum Gasteiger partial charge on any atom is 0.227 e. The number of amides is 1. The molecule has 0 aromatic carbocycles. The van der Waals surface area contributed by atoms with E-state index in [4.69, 9.17) is 11.0 Å². The van der Waals surface area contributed by atoms with Gasteiger partial charge in [-0.3, -0.25) is 4.79 Å². The molecule has 0 aliphatic heterocycles. The van der Waals surface area contributed by atoms with Gasteiger partial charge in [0.2, 0.25) is 5.91 Å². The molecule has 0 aromatic heterocycles. The predicted octanol–water partition coefficient (Wildman–Crippen LogP) is -0.470. The van der Waals surface area contributed by atoms with Crippen LogP contribution in [0.15, 0.2) is 12.2 Å². The van der Waals surface area contributed by atoms with Crippen molar-refractivity contribution < 1.29 is 4.79 Å². The Morgan fingerprint density at radius 3 is 3.00 bits per heavy atom. The van der Waals surface area contributed by atoms with Crippen molar-refractivity contribution in [3.8, 4) is 6.07 Å². The van der Waals surface area contributed by atoms with E-state index in [0.29, 0.717) is 6.42 Å². The zero-order valence-electron chi connectivity index (χ0n) is 6.66. The molecule has 0 saturated heterocycles. The molecule has 3 N–H and O–H groups in total. The van der Waals surface area contributed by atoms with Crippen LogP contribution in [0.25, 0.3) is 0 Å². The third-order valence-corrected chi connectivity index (χ3v) is 1.80. The molecular formula is C8H11N3O. The van der Waals surface area contributed by atoms with Crippen molar-refractivity contribution in [2.24, 2.45) is 11.7 Å². The van der Waals surface area contributed by atoms with Gasteiger partial charge in [-0.15, -0.1) is 0 Å². The Morgan fingerprint density at radius 1 is 1.75 bits per heavy atom. The Bertz CT molecular complexity index is 241. The molecule has 1 aliphatic rings. The van der Waals surface area contributed by atoms with Gasteiger partial charge < -0.3 is 11.1 Å². The minimum absolute atomic E-state index is 0.0113. The van der Waals surface area contributed by atoms with Crippen molar-refractivity contribution in [3.63, 3.8) is 0 Å². The molecule has 0 bridgehead atoms. The number of hydrogen-bond acceptors (Lipinski definition) is 3. The number of carbonyl (C=O) groups excluding carboxylic acids is 1. The summed E-state index contributed by atoms with van der Waals surface area (Å²) in [6.45, 7) is 0.0679. The lowest BCUT2D eigenvalue weighted by atomic mass is 10.1. The van der Waals surface area contributed by atoms with Gasteiger partial charge in [0.05, 0.1) is 12.0 Å². The van der Waals surface area contributed by atoms with Crippen LogP contribution >= 0.6 is 0 Å². The first-order chi connectivity index (χ1) is 5.74. The van der Waals surface area contributed by atoms with Crippen LogP contribution in [0.5, 0.6) is 0 Å². The minimum atomic E-state index is -0.145. The monoisotopic (exact) mass is 165 g/mol. The molecule has 4 heteroatoms. The molecule has 1 rings (SSSR count). The molecule has 0 aromatic rings. The van der Waals surface area contributed by atoms with Crippen LogP contribution < -0.4 is 11.1 Å². The number of hydrogen-bond donors (Lipinski definition) is 2. The minimum Gasteiger partial charge on any atom is -0.342 e. The Kier molecular flexibility index (Phi) is 2.83. The van der Waals surface area contributed by atoms with E-state index in [2.05, 4.69) is 5.32 Å². The van der Waals surface area contributed by atoms with E-state index in [1.54, 1.807) is 6.08 Å². The lowest BCUT2D eigenvalue weighted by molar-refractivity contribution is -0.123. The van der Waals surface area contributed by atoms with Gasteiger partial charge >= 0.3 is 0 Å². The molecule has 2 unspecified atom stereocenters. The topological polar surface area (TPSA) is 78.9 Å². The summed E-state index contributed by atoms with van der Waals surface area (Å²) in [6.07, 6.45) is 4.26. The van der Waals surface area contributed by atoms with Gasteiger partial charge in [-0.2, -0.15) is 5.26 Å². The molecule has 64 valence electrons. The number of nitriles is 1. The highest BCUT2D eigenvalue weighted by molar-refractivity contribution is 5.81. The van der Waals surface area contributed by atoms with Crippen LogP contribution in [0.1, 0.15) is 6.42 Å². The first-order valence-corrected chi connectivity index (χ1v) is 3.82. The maximum atomic E-state index is 11.2. The Morgan fingerprint density at radius 2 is 2.50 bits per heavy atom. The Hall–Kier alpha value is -1.34. The average Bonchev–Trinajstić information content (AvgIpc) is 2.47. The quantitative estimate of drug-likeness (QED) is 0.429. The molecule has 0 saturated carbocycles. The van der Waals surface area contributed by atoms with Gasteiger partial charge in [0.25, 0.3) is 0 Å². The van der Waals surface area contributed by atoms with Gasteiger partial charge in [0, 0.05) is 6.04 Å². The number of nitrogens with one attached hydrogen (secondary N) is 1. The number of carbonyl (C=O) groups is 1. The second kappa shape index (κ2) is 3.88. The van der Waals surface area contributed by atoms with Crippen LogP contribution in [-0.4, -0.2) is 18.5 Å². The van der Waals surface area contributed by atoms with Gasteiger partial charge in [-0.25, -0.2) is 0 Å². The van der Waals surface area contributed by atoms with Crippen molar-refractivity contribution >= 4 is 5.91 Å². The third-order valence-electron chi connectivity index (χ3n) is 1.80. The maximum absolute atomic E-state index is 11.2. The normalized spacial score (nSPS) is 26.7. The van der Waals surface area contributed by atoms with Gasteiger partial charge in [-0.1, -0.05) is 12.2 Å². The van der Waals surface area contributed by atoms with Crippen molar-refractivity contribution in [1.82, 2.24) is 5.32 Å². The zero-order chi connectivity index (χ0) is 8.97. The van der Waals surface area contributed by atoms with Gasteiger partial charge in [0.15, 0.2) is 0 Å². The molecule has 0 radical (unpaired) electrons. The summed E-state index contributed by atoms with van der Waals surface area (Å²) >= 11 is 0. The van der Waals surface area contributed by atoms with E-state index >= 15 is 0 Å². The molecule has 12 heavy (non-hydrogen) atoms. The Balaban J connectivity index is 2.35. The number of nitrogens with two attached hydrogens (primary N) is 1. The van der Waals surface area contributed by atoms with Gasteiger partial charge in [-0.05, 0) is 6.42 Å². The summed E-state index contributed by atoms with van der Waals surface area (Å²) in [4.78, 5) is 11.2. The largest absolute Gasteiger partial charge is 0.342 e. The summed E-state index contributed by atoms with van der Waals surface area (Å²) in [5, 5.41) is 10.7. The van der Waals surface area contributed by atoms with Crippen LogP contribution in [-0.2, 0) is 4.79 Å². The SMILES string of the molecule is N#CCNC(=O)C1C=CC(N)C1.